The van der Waals surface area contributed by atoms with E-state index in [0.717, 1.165) is 12.3 Å². The fourth-order valence-corrected chi connectivity index (χ4v) is 2.31. The average Bonchev–Trinajstić information content (AvgIpc) is 2.55. The molecule has 1 atom stereocenters. The van der Waals surface area contributed by atoms with Gasteiger partial charge < -0.3 is 5.11 Å². The van der Waals surface area contributed by atoms with E-state index >= 15 is 0 Å². The quantitative estimate of drug-likeness (QED) is 0.694. The Labute approximate surface area is 82.5 Å². The Morgan fingerprint density at radius 2 is 1.77 bits per heavy atom. The third-order valence-corrected chi connectivity index (χ3v) is 3.23. The van der Waals surface area contributed by atoms with Crippen molar-refractivity contribution in [2.45, 2.75) is 64.9 Å². The number of hydrogen-bond acceptors (Lipinski definition) is 1. The highest BCUT2D eigenvalue weighted by atomic mass is 16.3. The normalized spacial score (nSPS) is 21.2. The zero-order valence-corrected chi connectivity index (χ0v) is 9.13. The standard InChI is InChI=1S/C12H24O/c1-10(2)6-5-9-12(13)11-7-3-4-8-11/h10-13H,3-9H2,1-2H3. The second kappa shape index (κ2) is 5.64. The molecule has 0 aromatic heterocycles. The van der Waals surface area contributed by atoms with Crippen LogP contribution >= 0.6 is 0 Å². The molecule has 78 valence electrons. The van der Waals surface area contributed by atoms with Gasteiger partial charge in [-0.15, -0.1) is 0 Å². The Morgan fingerprint density at radius 1 is 1.15 bits per heavy atom. The number of aliphatic hydroxyl groups excluding tert-OH is 1. The molecule has 0 amide bonds. The van der Waals surface area contributed by atoms with Gasteiger partial charge in [-0.05, 0) is 31.1 Å². The Hall–Kier alpha value is -0.0400. The van der Waals surface area contributed by atoms with Crippen molar-refractivity contribution >= 4 is 0 Å². The zero-order valence-electron chi connectivity index (χ0n) is 9.13. The van der Waals surface area contributed by atoms with Gasteiger partial charge in [0, 0.05) is 0 Å². The van der Waals surface area contributed by atoms with Crippen molar-refractivity contribution in [2.75, 3.05) is 0 Å². The molecule has 0 aromatic carbocycles. The molecular weight excluding hydrogens is 160 g/mol. The summed E-state index contributed by atoms with van der Waals surface area (Å²) >= 11 is 0. The van der Waals surface area contributed by atoms with Gasteiger partial charge in [0.25, 0.3) is 0 Å². The van der Waals surface area contributed by atoms with E-state index in [1.807, 2.05) is 0 Å². The van der Waals surface area contributed by atoms with E-state index < -0.39 is 0 Å². The molecule has 1 N–H and O–H groups in total. The van der Waals surface area contributed by atoms with Crippen LogP contribution in [0.1, 0.15) is 58.8 Å². The van der Waals surface area contributed by atoms with Crippen LogP contribution in [0.3, 0.4) is 0 Å². The van der Waals surface area contributed by atoms with Crippen LogP contribution < -0.4 is 0 Å². The van der Waals surface area contributed by atoms with Gasteiger partial charge in [0.2, 0.25) is 0 Å². The van der Waals surface area contributed by atoms with Gasteiger partial charge in [0.1, 0.15) is 0 Å². The minimum Gasteiger partial charge on any atom is -0.393 e. The number of rotatable bonds is 5. The van der Waals surface area contributed by atoms with E-state index in [1.165, 1.54) is 38.5 Å². The van der Waals surface area contributed by atoms with Crippen molar-refractivity contribution < 1.29 is 5.11 Å². The van der Waals surface area contributed by atoms with Gasteiger partial charge in [-0.1, -0.05) is 39.5 Å². The smallest absolute Gasteiger partial charge is 0.0568 e. The van der Waals surface area contributed by atoms with E-state index in [-0.39, 0.29) is 6.10 Å². The molecule has 1 saturated carbocycles. The minimum atomic E-state index is 0.00116. The molecule has 0 bridgehead atoms. The van der Waals surface area contributed by atoms with E-state index in [1.54, 1.807) is 0 Å². The molecule has 0 aliphatic heterocycles. The second-order valence-electron chi connectivity index (χ2n) is 4.94. The first-order valence-electron chi connectivity index (χ1n) is 5.88. The summed E-state index contributed by atoms with van der Waals surface area (Å²) in [5.41, 5.74) is 0. The molecule has 1 nitrogen and oxygen atoms in total. The van der Waals surface area contributed by atoms with E-state index in [0.29, 0.717) is 5.92 Å². The van der Waals surface area contributed by atoms with Crippen molar-refractivity contribution in [1.82, 2.24) is 0 Å². The summed E-state index contributed by atoms with van der Waals surface area (Å²) in [7, 11) is 0. The monoisotopic (exact) mass is 184 g/mol. The predicted octanol–water partition coefficient (Wildman–Crippen LogP) is 3.36. The maximum absolute atomic E-state index is 9.86. The molecule has 1 aliphatic carbocycles. The molecule has 1 fully saturated rings. The SMILES string of the molecule is CC(C)CCCC(O)C1CCCC1. The fourth-order valence-electron chi connectivity index (χ4n) is 2.31. The van der Waals surface area contributed by atoms with E-state index in [9.17, 15) is 5.11 Å². The Bertz CT molecular complexity index is 125. The lowest BCUT2D eigenvalue weighted by Crippen LogP contribution is -2.17. The zero-order chi connectivity index (χ0) is 9.68. The first kappa shape index (κ1) is 11.0. The molecule has 0 heterocycles. The van der Waals surface area contributed by atoms with Crippen molar-refractivity contribution in [3.8, 4) is 0 Å². The number of aliphatic hydroxyl groups is 1. The third kappa shape index (κ3) is 4.12. The summed E-state index contributed by atoms with van der Waals surface area (Å²) in [6.07, 6.45) is 8.71. The molecule has 0 radical (unpaired) electrons. The maximum atomic E-state index is 9.86. The Morgan fingerprint density at radius 3 is 2.31 bits per heavy atom. The van der Waals surface area contributed by atoms with Crippen LogP contribution in [0, 0.1) is 11.8 Å². The predicted molar refractivity (Wildman–Crippen MR) is 56.7 cm³/mol. The Balaban J connectivity index is 2.06. The summed E-state index contributed by atoms with van der Waals surface area (Å²) in [5, 5.41) is 9.86. The van der Waals surface area contributed by atoms with E-state index in [4.69, 9.17) is 0 Å². The van der Waals surface area contributed by atoms with Crippen LogP contribution in [0.25, 0.3) is 0 Å². The van der Waals surface area contributed by atoms with Gasteiger partial charge in [-0.2, -0.15) is 0 Å². The molecular formula is C12H24O. The molecule has 1 aliphatic rings. The van der Waals surface area contributed by atoms with Crippen LogP contribution in [-0.2, 0) is 0 Å². The van der Waals surface area contributed by atoms with Crippen LogP contribution in [0.15, 0.2) is 0 Å². The second-order valence-corrected chi connectivity index (χ2v) is 4.94. The molecule has 1 heteroatoms. The highest BCUT2D eigenvalue weighted by Crippen LogP contribution is 2.29. The molecule has 13 heavy (non-hydrogen) atoms. The summed E-state index contributed by atoms with van der Waals surface area (Å²) in [6.45, 7) is 4.50. The van der Waals surface area contributed by atoms with Gasteiger partial charge in [-0.25, -0.2) is 0 Å². The third-order valence-electron chi connectivity index (χ3n) is 3.23. The van der Waals surface area contributed by atoms with Crippen molar-refractivity contribution in [2.24, 2.45) is 11.8 Å². The number of hydrogen-bond donors (Lipinski definition) is 1. The van der Waals surface area contributed by atoms with Gasteiger partial charge in [-0.3, -0.25) is 0 Å². The maximum Gasteiger partial charge on any atom is 0.0568 e. The van der Waals surface area contributed by atoms with Gasteiger partial charge >= 0.3 is 0 Å². The van der Waals surface area contributed by atoms with Crippen LogP contribution in [0.2, 0.25) is 0 Å². The van der Waals surface area contributed by atoms with Crippen LogP contribution in [0.4, 0.5) is 0 Å². The highest BCUT2D eigenvalue weighted by molar-refractivity contribution is 4.74. The molecule has 0 saturated heterocycles. The summed E-state index contributed by atoms with van der Waals surface area (Å²) in [4.78, 5) is 0. The topological polar surface area (TPSA) is 20.2 Å². The molecule has 0 spiro atoms. The van der Waals surface area contributed by atoms with Crippen molar-refractivity contribution in [3.63, 3.8) is 0 Å². The lowest BCUT2D eigenvalue weighted by atomic mass is 9.95. The summed E-state index contributed by atoms with van der Waals surface area (Å²) in [6, 6.07) is 0. The minimum absolute atomic E-state index is 0.00116. The van der Waals surface area contributed by atoms with Crippen molar-refractivity contribution in [3.05, 3.63) is 0 Å². The summed E-state index contributed by atoms with van der Waals surface area (Å²) in [5.74, 6) is 1.42. The first-order valence-corrected chi connectivity index (χ1v) is 5.88. The van der Waals surface area contributed by atoms with Crippen LogP contribution in [-0.4, -0.2) is 11.2 Å². The largest absolute Gasteiger partial charge is 0.393 e. The lowest BCUT2D eigenvalue weighted by Gasteiger charge is -2.17. The van der Waals surface area contributed by atoms with Gasteiger partial charge in [0.05, 0.1) is 6.10 Å². The van der Waals surface area contributed by atoms with Crippen molar-refractivity contribution in [1.29, 1.82) is 0 Å². The molecule has 1 unspecified atom stereocenters. The first-order chi connectivity index (χ1) is 6.20. The summed E-state index contributed by atoms with van der Waals surface area (Å²) < 4.78 is 0. The fraction of sp³-hybridized carbons (Fsp3) is 1.00. The highest BCUT2D eigenvalue weighted by Gasteiger charge is 2.22. The molecule has 1 rings (SSSR count). The molecule has 0 aromatic rings. The Kier molecular flexibility index (Phi) is 4.79. The van der Waals surface area contributed by atoms with Gasteiger partial charge in [0.15, 0.2) is 0 Å². The lowest BCUT2D eigenvalue weighted by molar-refractivity contribution is 0.0981. The van der Waals surface area contributed by atoms with Crippen LogP contribution in [0.5, 0.6) is 0 Å². The van der Waals surface area contributed by atoms with E-state index in [2.05, 4.69) is 13.8 Å². The average molecular weight is 184 g/mol.